The van der Waals surface area contributed by atoms with E-state index in [0.717, 1.165) is 31.5 Å². The van der Waals surface area contributed by atoms with Crippen LogP contribution in [-0.2, 0) is 17.9 Å². The van der Waals surface area contributed by atoms with Crippen LogP contribution in [0.4, 0.5) is 0 Å². The molecule has 0 unspecified atom stereocenters. The standard InChI is InChI=1S/C28H39N5O2/c1-2-32-18-15-24(30-32)28(35)33-20-22-11-7-16-31-17-8-12-23(27(22)31)25(33)13-6-14-26(34)29-19-21-9-4-3-5-10-21/h3-5,9-10,15,18,22-23,25,27H,2,6-8,11-14,16-17,19-20H2,1H3,(H,29,34)/t22-,23+,25+,27-/m0/s1. The van der Waals surface area contributed by atoms with E-state index in [4.69, 9.17) is 0 Å². The second-order valence-electron chi connectivity index (χ2n) is 10.5. The maximum Gasteiger partial charge on any atom is 0.274 e. The molecule has 1 aromatic carbocycles. The first-order valence-corrected chi connectivity index (χ1v) is 13.5. The predicted molar refractivity (Wildman–Crippen MR) is 136 cm³/mol. The van der Waals surface area contributed by atoms with E-state index < -0.39 is 0 Å². The van der Waals surface area contributed by atoms with Gasteiger partial charge in [-0.3, -0.25) is 19.2 Å². The lowest BCUT2D eigenvalue weighted by atomic mass is 9.69. The van der Waals surface area contributed by atoms with Crippen LogP contribution in [0.1, 0.15) is 67.9 Å². The lowest BCUT2D eigenvalue weighted by molar-refractivity contribution is -0.121. The van der Waals surface area contributed by atoms with Crippen molar-refractivity contribution in [2.75, 3.05) is 19.6 Å². The van der Waals surface area contributed by atoms with Crippen molar-refractivity contribution in [3.63, 3.8) is 0 Å². The highest BCUT2D eigenvalue weighted by Gasteiger charge is 2.49. The molecule has 0 spiro atoms. The minimum absolute atomic E-state index is 0.0666. The summed E-state index contributed by atoms with van der Waals surface area (Å²) in [6.07, 6.45) is 8.89. The van der Waals surface area contributed by atoms with Crippen LogP contribution in [0, 0.1) is 11.8 Å². The molecule has 4 atom stereocenters. The van der Waals surface area contributed by atoms with Crippen molar-refractivity contribution in [3.8, 4) is 0 Å². The first-order valence-electron chi connectivity index (χ1n) is 13.5. The highest BCUT2D eigenvalue weighted by atomic mass is 16.2. The molecule has 35 heavy (non-hydrogen) atoms. The highest BCUT2D eigenvalue weighted by molar-refractivity contribution is 5.92. The number of nitrogens with one attached hydrogen (secondary N) is 1. The molecule has 0 aliphatic carbocycles. The van der Waals surface area contributed by atoms with E-state index in [1.54, 1.807) is 0 Å². The molecule has 188 valence electrons. The first-order chi connectivity index (χ1) is 17.1. The number of likely N-dealkylation sites (tertiary alicyclic amines) is 1. The zero-order valence-corrected chi connectivity index (χ0v) is 20.9. The van der Waals surface area contributed by atoms with Crippen LogP contribution in [0.5, 0.6) is 0 Å². The molecule has 3 aliphatic heterocycles. The first kappa shape index (κ1) is 24.0. The van der Waals surface area contributed by atoms with Crippen LogP contribution in [0.15, 0.2) is 42.6 Å². The highest BCUT2D eigenvalue weighted by Crippen LogP contribution is 2.43. The summed E-state index contributed by atoms with van der Waals surface area (Å²) >= 11 is 0. The van der Waals surface area contributed by atoms with Crippen molar-refractivity contribution in [3.05, 3.63) is 53.9 Å². The molecular weight excluding hydrogens is 438 g/mol. The van der Waals surface area contributed by atoms with E-state index in [9.17, 15) is 9.59 Å². The molecule has 2 aromatic rings. The van der Waals surface area contributed by atoms with Gasteiger partial charge in [0.15, 0.2) is 0 Å². The van der Waals surface area contributed by atoms with E-state index in [0.29, 0.717) is 36.5 Å². The molecule has 3 aliphatic rings. The Morgan fingerprint density at radius 2 is 1.89 bits per heavy atom. The van der Waals surface area contributed by atoms with Crippen LogP contribution < -0.4 is 5.32 Å². The van der Waals surface area contributed by atoms with Gasteiger partial charge >= 0.3 is 0 Å². The predicted octanol–water partition coefficient (Wildman–Crippen LogP) is 3.70. The van der Waals surface area contributed by atoms with Crippen LogP contribution in [0.25, 0.3) is 0 Å². The number of rotatable bonds is 8. The molecule has 2 amide bonds. The summed E-state index contributed by atoms with van der Waals surface area (Å²) in [6.45, 7) is 6.58. The lowest BCUT2D eigenvalue weighted by Crippen LogP contribution is -2.65. The molecule has 0 radical (unpaired) electrons. The fraction of sp³-hybridized carbons (Fsp3) is 0.607. The molecule has 7 nitrogen and oxygen atoms in total. The number of carbonyl (C=O) groups excluding carboxylic acids is 2. The maximum absolute atomic E-state index is 13.7. The third-order valence-electron chi connectivity index (χ3n) is 8.35. The molecule has 0 saturated carbocycles. The fourth-order valence-electron chi connectivity index (χ4n) is 6.75. The fourth-order valence-corrected chi connectivity index (χ4v) is 6.75. The van der Waals surface area contributed by atoms with Crippen molar-refractivity contribution >= 4 is 11.8 Å². The number of hydrogen-bond donors (Lipinski definition) is 1. The van der Waals surface area contributed by atoms with Crippen LogP contribution in [0.3, 0.4) is 0 Å². The van der Waals surface area contributed by atoms with Gasteiger partial charge in [-0.15, -0.1) is 0 Å². The van der Waals surface area contributed by atoms with Gasteiger partial charge in [-0.1, -0.05) is 30.3 Å². The summed E-state index contributed by atoms with van der Waals surface area (Å²) in [4.78, 5) is 31.1. The summed E-state index contributed by atoms with van der Waals surface area (Å²) in [5.74, 6) is 1.20. The molecule has 3 saturated heterocycles. The minimum atomic E-state index is 0.0666. The van der Waals surface area contributed by atoms with E-state index >= 15 is 0 Å². The van der Waals surface area contributed by atoms with Crippen molar-refractivity contribution in [1.29, 1.82) is 0 Å². The zero-order chi connectivity index (χ0) is 24.2. The number of carbonyl (C=O) groups is 2. The molecule has 1 aromatic heterocycles. The lowest BCUT2D eigenvalue weighted by Gasteiger charge is -2.57. The van der Waals surface area contributed by atoms with Crippen molar-refractivity contribution < 1.29 is 9.59 Å². The van der Waals surface area contributed by atoms with E-state index in [1.807, 2.05) is 54.2 Å². The number of piperidine rings is 3. The molecule has 1 N–H and O–H groups in total. The van der Waals surface area contributed by atoms with E-state index in [2.05, 4.69) is 20.2 Å². The molecule has 5 rings (SSSR count). The molecular formula is C28H39N5O2. The van der Waals surface area contributed by atoms with Gasteiger partial charge in [0, 0.05) is 44.3 Å². The molecule has 3 fully saturated rings. The average Bonchev–Trinajstić information content (AvgIpc) is 3.38. The van der Waals surface area contributed by atoms with Crippen molar-refractivity contribution in [2.24, 2.45) is 11.8 Å². The second-order valence-corrected chi connectivity index (χ2v) is 10.5. The number of hydrogen-bond acceptors (Lipinski definition) is 4. The molecule has 7 heteroatoms. The molecule has 0 bridgehead atoms. The molecule has 4 heterocycles. The number of aromatic nitrogens is 2. The van der Waals surface area contributed by atoms with Gasteiger partial charge in [0.25, 0.3) is 5.91 Å². The van der Waals surface area contributed by atoms with Gasteiger partial charge in [0.1, 0.15) is 5.69 Å². The third-order valence-corrected chi connectivity index (χ3v) is 8.35. The second kappa shape index (κ2) is 10.9. The van der Waals surface area contributed by atoms with Gasteiger partial charge in [0.05, 0.1) is 0 Å². The Bertz CT molecular complexity index is 1000. The summed E-state index contributed by atoms with van der Waals surface area (Å²) in [5.41, 5.74) is 1.67. The topological polar surface area (TPSA) is 70.5 Å². The van der Waals surface area contributed by atoms with Gasteiger partial charge in [-0.2, -0.15) is 5.10 Å². The van der Waals surface area contributed by atoms with Crippen molar-refractivity contribution in [2.45, 2.75) is 77.0 Å². The van der Waals surface area contributed by atoms with Crippen LogP contribution in [0.2, 0.25) is 0 Å². The van der Waals surface area contributed by atoms with Gasteiger partial charge in [0.2, 0.25) is 5.91 Å². The Labute approximate surface area is 208 Å². The normalized spacial score (nSPS) is 26.3. The zero-order valence-electron chi connectivity index (χ0n) is 20.9. The van der Waals surface area contributed by atoms with Crippen molar-refractivity contribution in [1.82, 2.24) is 24.9 Å². The number of amides is 2. The Balaban J connectivity index is 1.27. The quantitative estimate of drug-likeness (QED) is 0.629. The number of benzene rings is 1. The Morgan fingerprint density at radius 1 is 1.09 bits per heavy atom. The maximum atomic E-state index is 13.7. The van der Waals surface area contributed by atoms with Crippen LogP contribution >= 0.6 is 0 Å². The Kier molecular flexibility index (Phi) is 7.51. The smallest absolute Gasteiger partial charge is 0.274 e. The average molecular weight is 478 g/mol. The van der Waals surface area contributed by atoms with Gasteiger partial charge in [-0.05, 0) is 82.0 Å². The summed E-state index contributed by atoms with van der Waals surface area (Å²) < 4.78 is 1.83. The largest absolute Gasteiger partial charge is 0.352 e. The summed E-state index contributed by atoms with van der Waals surface area (Å²) in [7, 11) is 0. The summed E-state index contributed by atoms with van der Waals surface area (Å²) in [6, 6.07) is 12.7. The van der Waals surface area contributed by atoms with Crippen LogP contribution in [-0.4, -0.2) is 63.1 Å². The van der Waals surface area contributed by atoms with Gasteiger partial charge < -0.3 is 10.2 Å². The number of aryl methyl sites for hydroxylation is 1. The van der Waals surface area contributed by atoms with E-state index in [-0.39, 0.29) is 17.9 Å². The Hall–Kier alpha value is -2.67. The number of nitrogens with zero attached hydrogens (tertiary/aromatic N) is 4. The Morgan fingerprint density at radius 3 is 2.66 bits per heavy atom. The minimum Gasteiger partial charge on any atom is -0.352 e. The SMILES string of the molecule is CCn1ccc(C(=O)N2C[C@@H]3CCCN4CCC[C@@H]([C@H]34)[C@H]2CCCC(=O)NCc2ccccc2)n1. The summed E-state index contributed by atoms with van der Waals surface area (Å²) in [5, 5.41) is 7.59. The monoisotopic (exact) mass is 477 g/mol. The van der Waals surface area contributed by atoms with Gasteiger partial charge in [-0.25, -0.2) is 0 Å². The third kappa shape index (κ3) is 5.30. The van der Waals surface area contributed by atoms with E-state index in [1.165, 1.54) is 38.8 Å².